The summed E-state index contributed by atoms with van der Waals surface area (Å²) in [5.74, 6) is -0.537. The van der Waals surface area contributed by atoms with E-state index in [4.69, 9.17) is 5.11 Å². The van der Waals surface area contributed by atoms with Crippen molar-refractivity contribution >= 4 is 27.7 Å². The molecule has 0 fully saturated rings. The third kappa shape index (κ3) is 6.73. The Morgan fingerprint density at radius 2 is 2.00 bits per heavy atom. The Bertz CT molecular complexity index is 503. The lowest BCUT2D eigenvalue weighted by molar-refractivity contribution is -0.120. The lowest BCUT2D eigenvalue weighted by atomic mass is 9.90. The van der Waals surface area contributed by atoms with Gasteiger partial charge in [0, 0.05) is 23.2 Å². The molecule has 0 aliphatic rings. The highest BCUT2D eigenvalue weighted by molar-refractivity contribution is 9.10. The number of rotatable bonds is 7. The van der Waals surface area contributed by atoms with Gasteiger partial charge in [0.1, 0.15) is 0 Å². The van der Waals surface area contributed by atoms with Gasteiger partial charge in [0.25, 0.3) is 5.91 Å². The van der Waals surface area contributed by atoms with Crippen LogP contribution in [0.1, 0.15) is 30.6 Å². The zero-order chi connectivity index (χ0) is 15.9. The lowest BCUT2D eigenvalue weighted by Gasteiger charge is -2.23. The van der Waals surface area contributed by atoms with E-state index in [9.17, 15) is 9.59 Å². The van der Waals surface area contributed by atoms with Crippen LogP contribution in [0.2, 0.25) is 0 Å². The van der Waals surface area contributed by atoms with E-state index in [1.54, 1.807) is 18.2 Å². The average Bonchev–Trinajstić information content (AvgIpc) is 2.42. The molecule has 0 heterocycles. The summed E-state index contributed by atoms with van der Waals surface area (Å²) in [5.41, 5.74) is 0.330. The minimum Gasteiger partial charge on any atom is -0.396 e. The second-order valence-electron chi connectivity index (χ2n) is 5.61. The van der Waals surface area contributed by atoms with Crippen LogP contribution < -0.4 is 10.6 Å². The van der Waals surface area contributed by atoms with Gasteiger partial charge in [-0.05, 0) is 30.0 Å². The molecule has 1 aromatic rings. The highest BCUT2D eigenvalue weighted by atomic mass is 79.9. The summed E-state index contributed by atoms with van der Waals surface area (Å²) in [4.78, 5) is 23.6. The standard InChI is InChI=1S/C15H21BrN2O3/c1-15(2,6-7-19)10-18-13(20)9-17-14(21)11-4-3-5-12(16)8-11/h3-5,8,19H,6-7,9-10H2,1-2H3,(H,17,21)(H,18,20). The maximum atomic E-state index is 11.9. The number of aliphatic hydroxyl groups is 1. The summed E-state index contributed by atoms with van der Waals surface area (Å²) in [6, 6.07) is 6.96. The van der Waals surface area contributed by atoms with Crippen molar-refractivity contribution in [3.05, 3.63) is 34.3 Å². The van der Waals surface area contributed by atoms with Crippen molar-refractivity contribution in [1.29, 1.82) is 0 Å². The molecule has 3 N–H and O–H groups in total. The first-order valence-electron chi connectivity index (χ1n) is 6.75. The van der Waals surface area contributed by atoms with Crippen LogP contribution in [0.25, 0.3) is 0 Å². The predicted molar refractivity (Wildman–Crippen MR) is 85.0 cm³/mol. The lowest BCUT2D eigenvalue weighted by Crippen LogP contribution is -2.41. The number of hydrogen-bond donors (Lipinski definition) is 3. The molecule has 0 bridgehead atoms. The topological polar surface area (TPSA) is 78.4 Å². The Morgan fingerprint density at radius 1 is 1.29 bits per heavy atom. The fraction of sp³-hybridized carbons (Fsp3) is 0.467. The molecular weight excluding hydrogens is 336 g/mol. The largest absolute Gasteiger partial charge is 0.396 e. The third-order valence-corrected chi connectivity index (χ3v) is 3.54. The molecule has 1 aromatic carbocycles. The summed E-state index contributed by atoms with van der Waals surface area (Å²) in [5, 5.41) is 14.2. The highest BCUT2D eigenvalue weighted by Crippen LogP contribution is 2.17. The van der Waals surface area contributed by atoms with Gasteiger partial charge in [0.05, 0.1) is 6.54 Å². The van der Waals surface area contributed by atoms with Gasteiger partial charge in [-0.25, -0.2) is 0 Å². The Balaban J connectivity index is 2.38. The Hall–Kier alpha value is -1.40. The SMILES string of the molecule is CC(C)(CCO)CNC(=O)CNC(=O)c1cccc(Br)c1. The van der Waals surface area contributed by atoms with Crippen molar-refractivity contribution in [3.63, 3.8) is 0 Å². The zero-order valence-corrected chi connectivity index (χ0v) is 13.9. The molecule has 0 aliphatic carbocycles. The fourth-order valence-electron chi connectivity index (χ4n) is 1.68. The molecule has 0 aromatic heterocycles. The molecule has 5 nitrogen and oxygen atoms in total. The number of carbonyl (C=O) groups is 2. The predicted octanol–water partition coefficient (Wildman–Crippen LogP) is 1.70. The molecule has 21 heavy (non-hydrogen) atoms. The summed E-state index contributed by atoms with van der Waals surface area (Å²) >= 11 is 3.29. The number of hydrogen-bond acceptors (Lipinski definition) is 3. The van der Waals surface area contributed by atoms with Gasteiger partial charge in [-0.3, -0.25) is 9.59 Å². The van der Waals surface area contributed by atoms with E-state index in [2.05, 4.69) is 26.6 Å². The fourth-order valence-corrected chi connectivity index (χ4v) is 2.08. The van der Waals surface area contributed by atoms with Crippen molar-refractivity contribution < 1.29 is 14.7 Å². The first-order chi connectivity index (χ1) is 9.84. The molecule has 0 saturated heterocycles. The zero-order valence-electron chi connectivity index (χ0n) is 12.3. The van der Waals surface area contributed by atoms with Crippen LogP contribution in [0.15, 0.2) is 28.7 Å². The molecule has 0 radical (unpaired) electrons. The molecule has 2 amide bonds. The van der Waals surface area contributed by atoms with Crippen LogP contribution in [0, 0.1) is 5.41 Å². The second-order valence-corrected chi connectivity index (χ2v) is 6.52. The molecule has 0 atom stereocenters. The van der Waals surface area contributed by atoms with Gasteiger partial charge in [-0.1, -0.05) is 35.8 Å². The van der Waals surface area contributed by atoms with Gasteiger partial charge in [0.15, 0.2) is 0 Å². The molecule has 0 spiro atoms. The van der Waals surface area contributed by atoms with Crippen LogP contribution in [0.4, 0.5) is 0 Å². The summed E-state index contributed by atoms with van der Waals surface area (Å²) in [7, 11) is 0. The van der Waals surface area contributed by atoms with Crippen LogP contribution in [-0.2, 0) is 4.79 Å². The van der Waals surface area contributed by atoms with E-state index < -0.39 is 0 Å². The quantitative estimate of drug-likeness (QED) is 0.695. The van der Waals surface area contributed by atoms with E-state index in [0.29, 0.717) is 18.5 Å². The molecule has 0 saturated carbocycles. The number of carbonyl (C=O) groups excluding carboxylic acids is 2. The summed E-state index contributed by atoms with van der Waals surface area (Å²) < 4.78 is 0.811. The van der Waals surface area contributed by atoms with Crippen LogP contribution in [0.5, 0.6) is 0 Å². The van der Waals surface area contributed by atoms with Crippen molar-refractivity contribution in [3.8, 4) is 0 Å². The van der Waals surface area contributed by atoms with Gasteiger partial charge in [-0.15, -0.1) is 0 Å². The second kappa shape index (κ2) is 8.14. The Labute approximate surface area is 133 Å². The van der Waals surface area contributed by atoms with Gasteiger partial charge in [-0.2, -0.15) is 0 Å². The summed E-state index contributed by atoms with van der Waals surface area (Å²) in [6.07, 6.45) is 0.609. The molecule has 116 valence electrons. The number of halogens is 1. The van der Waals surface area contributed by atoms with Crippen LogP contribution in [0.3, 0.4) is 0 Å². The van der Waals surface area contributed by atoms with Crippen molar-refractivity contribution in [1.82, 2.24) is 10.6 Å². The van der Waals surface area contributed by atoms with Crippen LogP contribution in [-0.4, -0.2) is 36.6 Å². The van der Waals surface area contributed by atoms with Crippen molar-refractivity contribution in [2.45, 2.75) is 20.3 Å². The van der Waals surface area contributed by atoms with Gasteiger partial charge >= 0.3 is 0 Å². The van der Waals surface area contributed by atoms with Gasteiger partial charge < -0.3 is 15.7 Å². The van der Waals surface area contributed by atoms with Crippen LogP contribution >= 0.6 is 15.9 Å². The van der Waals surface area contributed by atoms with E-state index in [1.165, 1.54) is 0 Å². The minimum absolute atomic E-state index is 0.0689. The number of aliphatic hydroxyl groups excluding tert-OH is 1. The Morgan fingerprint density at radius 3 is 2.62 bits per heavy atom. The number of amides is 2. The smallest absolute Gasteiger partial charge is 0.251 e. The van der Waals surface area contributed by atoms with E-state index >= 15 is 0 Å². The molecular formula is C15H21BrN2O3. The van der Waals surface area contributed by atoms with E-state index in [1.807, 2.05) is 19.9 Å². The maximum Gasteiger partial charge on any atom is 0.251 e. The molecule has 0 aliphatic heterocycles. The Kier molecular flexibility index (Phi) is 6.84. The molecule has 1 rings (SSSR count). The molecule has 0 unspecified atom stereocenters. The first kappa shape index (κ1) is 17.7. The molecule has 6 heteroatoms. The number of nitrogens with one attached hydrogen (secondary N) is 2. The van der Waals surface area contributed by atoms with Gasteiger partial charge in [0.2, 0.25) is 5.91 Å². The highest BCUT2D eigenvalue weighted by Gasteiger charge is 2.18. The number of benzene rings is 1. The van der Waals surface area contributed by atoms with E-state index in [-0.39, 0.29) is 30.4 Å². The van der Waals surface area contributed by atoms with Crippen molar-refractivity contribution in [2.75, 3.05) is 19.7 Å². The monoisotopic (exact) mass is 356 g/mol. The summed E-state index contributed by atoms with van der Waals surface area (Å²) in [6.45, 7) is 4.40. The first-order valence-corrected chi connectivity index (χ1v) is 7.55. The van der Waals surface area contributed by atoms with E-state index in [0.717, 1.165) is 4.47 Å². The minimum atomic E-state index is -0.291. The third-order valence-electron chi connectivity index (χ3n) is 3.05. The normalized spacial score (nSPS) is 11.0. The average molecular weight is 357 g/mol. The van der Waals surface area contributed by atoms with Crippen molar-refractivity contribution in [2.24, 2.45) is 5.41 Å². The maximum absolute atomic E-state index is 11.9.